The Kier molecular flexibility index (Phi) is 6.67. The van der Waals surface area contributed by atoms with Crippen LogP contribution in [0.15, 0.2) is 62.7 Å². The van der Waals surface area contributed by atoms with E-state index in [1.54, 1.807) is 30.3 Å². The zero-order valence-corrected chi connectivity index (χ0v) is 20.9. The van der Waals surface area contributed by atoms with Crippen molar-refractivity contribution in [2.45, 2.75) is 6.04 Å². The number of hydrogen-bond acceptors (Lipinski definition) is 7. The lowest BCUT2D eigenvalue weighted by Crippen LogP contribution is -2.36. The number of carbonyl (C=O) groups excluding carboxylic acids is 2. The molecule has 2 aromatic carbocycles. The van der Waals surface area contributed by atoms with Crippen molar-refractivity contribution in [2.24, 2.45) is 0 Å². The summed E-state index contributed by atoms with van der Waals surface area (Å²) >= 11 is 3.41. The molecular formula is C25H25BrN2O6. The van der Waals surface area contributed by atoms with Crippen LogP contribution in [0.4, 0.5) is 0 Å². The van der Waals surface area contributed by atoms with E-state index in [9.17, 15) is 14.7 Å². The van der Waals surface area contributed by atoms with E-state index >= 15 is 0 Å². The summed E-state index contributed by atoms with van der Waals surface area (Å²) in [4.78, 5) is 30.2. The van der Waals surface area contributed by atoms with Gasteiger partial charge < -0.3 is 28.8 Å². The first-order chi connectivity index (χ1) is 16.3. The van der Waals surface area contributed by atoms with Crippen molar-refractivity contribution < 1.29 is 28.6 Å². The lowest BCUT2D eigenvalue weighted by Gasteiger charge is -2.29. The van der Waals surface area contributed by atoms with Crippen molar-refractivity contribution in [3.05, 3.63) is 69.6 Å². The van der Waals surface area contributed by atoms with Gasteiger partial charge in [0.1, 0.15) is 5.58 Å². The summed E-state index contributed by atoms with van der Waals surface area (Å²) in [5.41, 5.74) is 0.990. The van der Waals surface area contributed by atoms with Crippen molar-refractivity contribution in [1.82, 2.24) is 9.80 Å². The number of ether oxygens (including phenoxy) is 2. The number of methoxy groups -OCH3 is 2. The fourth-order valence-corrected chi connectivity index (χ4v) is 4.51. The van der Waals surface area contributed by atoms with Crippen LogP contribution >= 0.6 is 15.9 Å². The van der Waals surface area contributed by atoms with Crippen LogP contribution in [0, 0.1) is 0 Å². The van der Waals surface area contributed by atoms with E-state index in [4.69, 9.17) is 13.9 Å². The molecule has 0 aliphatic carbocycles. The zero-order chi connectivity index (χ0) is 24.6. The molecule has 3 aromatic rings. The third-order valence-electron chi connectivity index (χ3n) is 5.77. The number of aliphatic hydroxyl groups excluding tert-OH is 1. The summed E-state index contributed by atoms with van der Waals surface area (Å²) in [7, 11) is 6.77. The monoisotopic (exact) mass is 528 g/mol. The van der Waals surface area contributed by atoms with Crippen molar-refractivity contribution in [2.75, 3.05) is 41.4 Å². The van der Waals surface area contributed by atoms with Gasteiger partial charge in [0.15, 0.2) is 23.0 Å². The molecule has 2 heterocycles. The zero-order valence-electron chi connectivity index (χ0n) is 19.3. The van der Waals surface area contributed by atoms with Gasteiger partial charge in [-0.25, -0.2) is 0 Å². The maximum Gasteiger partial charge on any atom is 0.290 e. The SMILES string of the molecule is COc1cccc(C2C(C(=O)c3cc4cc(Br)ccc4o3)=C(O)C(=O)N2CCN(C)C)c1OC. The summed E-state index contributed by atoms with van der Waals surface area (Å²) in [6.07, 6.45) is 0. The minimum absolute atomic E-state index is 0.0313. The number of benzene rings is 2. The van der Waals surface area contributed by atoms with Crippen LogP contribution in [0.2, 0.25) is 0 Å². The minimum Gasteiger partial charge on any atom is -0.503 e. The fourth-order valence-electron chi connectivity index (χ4n) is 4.13. The Morgan fingerprint density at radius 2 is 1.94 bits per heavy atom. The van der Waals surface area contributed by atoms with Crippen LogP contribution in [0.1, 0.15) is 22.2 Å². The lowest BCUT2D eigenvalue weighted by atomic mass is 9.94. The Morgan fingerprint density at radius 3 is 2.62 bits per heavy atom. The number of rotatable bonds is 8. The van der Waals surface area contributed by atoms with Crippen molar-refractivity contribution in [1.29, 1.82) is 0 Å². The third kappa shape index (κ3) is 4.17. The summed E-state index contributed by atoms with van der Waals surface area (Å²) in [5, 5.41) is 11.6. The molecule has 1 aliphatic heterocycles. The number of ketones is 1. The Bertz CT molecular complexity index is 1300. The number of para-hydroxylation sites is 1. The van der Waals surface area contributed by atoms with E-state index in [0.717, 1.165) is 9.86 Å². The first-order valence-corrected chi connectivity index (χ1v) is 11.4. The average Bonchev–Trinajstić information content (AvgIpc) is 3.35. The van der Waals surface area contributed by atoms with E-state index in [1.807, 2.05) is 31.1 Å². The first-order valence-electron chi connectivity index (χ1n) is 10.6. The first kappa shape index (κ1) is 23.8. The number of aliphatic hydroxyl groups is 1. The molecule has 1 aliphatic rings. The molecule has 34 heavy (non-hydrogen) atoms. The summed E-state index contributed by atoms with van der Waals surface area (Å²) in [5.74, 6) is -0.929. The van der Waals surface area contributed by atoms with E-state index in [-0.39, 0.29) is 17.9 Å². The smallest absolute Gasteiger partial charge is 0.290 e. The van der Waals surface area contributed by atoms with Gasteiger partial charge >= 0.3 is 0 Å². The number of nitrogens with zero attached hydrogens (tertiary/aromatic N) is 2. The lowest BCUT2D eigenvalue weighted by molar-refractivity contribution is -0.129. The highest BCUT2D eigenvalue weighted by Crippen LogP contribution is 2.45. The maximum atomic E-state index is 13.7. The topological polar surface area (TPSA) is 92.5 Å². The predicted octanol–water partition coefficient (Wildman–Crippen LogP) is 4.35. The van der Waals surface area contributed by atoms with Gasteiger partial charge in [-0.3, -0.25) is 9.59 Å². The molecule has 0 spiro atoms. The minimum atomic E-state index is -0.884. The average molecular weight is 529 g/mol. The number of halogens is 1. The molecule has 1 aromatic heterocycles. The van der Waals surface area contributed by atoms with Gasteiger partial charge in [0.2, 0.25) is 5.78 Å². The van der Waals surface area contributed by atoms with Crippen LogP contribution in [0.25, 0.3) is 11.0 Å². The Hall–Kier alpha value is -3.30. The quantitative estimate of drug-likeness (QED) is 0.434. The molecule has 0 fully saturated rings. The number of Topliss-reactive ketones (excluding diaryl/α,β-unsaturated/α-hetero) is 1. The van der Waals surface area contributed by atoms with E-state index in [1.165, 1.54) is 19.1 Å². The maximum absolute atomic E-state index is 13.7. The van der Waals surface area contributed by atoms with Gasteiger partial charge in [-0.15, -0.1) is 0 Å². The summed E-state index contributed by atoms with van der Waals surface area (Å²) < 4.78 is 17.7. The normalized spacial score (nSPS) is 16.1. The largest absolute Gasteiger partial charge is 0.503 e. The highest BCUT2D eigenvalue weighted by Gasteiger charge is 2.45. The summed E-state index contributed by atoms with van der Waals surface area (Å²) in [6.45, 7) is 0.812. The molecule has 8 nitrogen and oxygen atoms in total. The Balaban J connectivity index is 1.86. The molecule has 0 saturated heterocycles. The van der Waals surface area contributed by atoms with Gasteiger partial charge in [0.05, 0.1) is 25.8 Å². The molecule has 1 N–H and O–H groups in total. The predicted molar refractivity (Wildman–Crippen MR) is 130 cm³/mol. The number of hydrogen-bond donors (Lipinski definition) is 1. The molecule has 1 amide bonds. The van der Waals surface area contributed by atoms with Crippen LogP contribution in [-0.4, -0.2) is 68.0 Å². The molecule has 1 atom stereocenters. The molecule has 178 valence electrons. The molecule has 0 bridgehead atoms. The molecule has 9 heteroatoms. The standard InChI is InChI=1S/C25H25BrN2O6/c1-27(2)10-11-28-21(16-6-5-7-18(32-3)24(16)33-4)20(23(30)25(28)31)22(29)19-13-14-12-15(26)8-9-17(14)34-19/h5-9,12-13,21,30H,10-11H2,1-4H3. The number of amides is 1. The number of likely N-dealkylation sites (N-methyl/N-ethyl adjacent to an activating group) is 1. The molecular weight excluding hydrogens is 504 g/mol. The number of fused-ring (bicyclic) bond motifs is 1. The molecule has 0 radical (unpaired) electrons. The van der Waals surface area contributed by atoms with Crippen LogP contribution < -0.4 is 9.47 Å². The van der Waals surface area contributed by atoms with E-state index in [0.29, 0.717) is 29.2 Å². The highest BCUT2D eigenvalue weighted by atomic mass is 79.9. The highest BCUT2D eigenvalue weighted by molar-refractivity contribution is 9.10. The van der Waals surface area contributed by atoms with Crippen molar-refractivity contribution in [3.63, 3.8) is 0 Å². The van der Waals surface area contributed by atoms with Gasteiger partial charge in [0.25, 0.3) is 5.91 Å². The number of furan rings is 1. The van der Waals surface area contributed by atoms with Gasteiger partial charge in [-0.05, 0) is 44.4 Å². The molecule has 4 rings (SSSR count). The van der Waals surface area contributed by atoms with Crippen LogP contribution in [0.5, 0.6) is 11.5 Å². The second kappa shape index (κ2) is 9.52. The Labute approximate surface area is 205 Å². The Morgan fingerprint density at radius 1 is 1.18 bits per heavy atom. The van der Waals surface area contributed by atoms with E-state index in [2.05, 4.69) is 15.9 Å². The molecule has 1 unspecified atom stereocenters. The van der Waals surface area contributed by atoms with Crippen LogP contribution in [0.3, 0.4) is 0 Å². The second-order valence-electron chi connectivity index (χ2n) is 8.17. The number of carbonyl (C=O) groups is 2. The van der Waals surface area contributed by atoms with E-state index < -0.39 is 23.5 Å². The van der Waals surface area contributed by atoms with Crippen molar-refractivity contribution >= 4 is 38.6 Å². The van der Waals surface area contributed by atoms with Gasteiger partial charge in [-0.2, -0.15) is 0 Å². The molecule has 0 saturated carbocycles. The third-order valence-corrected chi connectivity index (χ3v) is 6.26. The van der Waals surface area contributed by atoms with Gasteiger partial charge in [-0.1, -0.05) is 28.1 Å². The second-order valence-corrected chi connectivity index (χ2v) is 9.09. The summed E-state index contributed by atoms with van der Waals surface area (Å²) in [6, 6.07) is 11.3. The van der Waals surface area contributed by atoms with Crippen molar-refractivity contribution in [3.8, 4) is 11.5 Å². The fraction of sp³-hybridized carbons (Fsp3) is 0.280. The van der Waals surface area contributed by atoms with Gasteiger partial charge in [0, 0.05) is 28.5 Å². The van der Waals surface area contributed by atoms with Crippen LogP contribution in [-0.2, 0) is 4.79 Å².